The van der Waals surface area contributed by atoms with Crippen molar-refractivity contribution in [3.05, 3.63) is 75.0 Å². The highest BCUT2D eigenvalue weighted by atomic mass is 16.3. The Kier molecular flexibility index (Phi) is 6.81. The first kappa shape index (κ1) is 26.0. The number of pyridine rings is 2. The SMILES string of the molecule is C=C(C)Cn1ncc2c(C(O)NCc3c(C)cc(C)[nH]c3=O)cc(C3=CC(C)(C)NC(C)(C)C3)nc21. The highest BCUT2D eigenvalue weighted by Gasteiger charge is 2.33. The van der Waals surface area contributed by atoms with Crippen molar-refractivity contribution in [3.63, 3.8) is 0 Å². The Hall–Kier alpha value is -3.07. The first-order valence-electron chi connectivity index (χ1n) is 12.4. The zero-order valence-corrected chi connectivity index (χ0v) is 22.4. The number of aliphatic hydroxyl groups excluding tert-OH is 1. The molecular weight excluding hydrogens is 452 g/mol. The molecule has 1 unspecified atom stereocenters. The molecule has 0 aliphatic carbocycles. The summed E-state index contributed by atoms with van der Waals surface area (Å²) >= 11 is 0. The Morgan fingerprint density at radius 2 is 2.00 bits per heavy atom. The van der Waals surface area contributed by atoms with Gasteiger partial charge in [0.1, 0.15) is 6.23 Å². The fourth-order valence-corrected chi connectivity index (χ4v) is 5.32. The van der Waals surface area contributed by atoms with Crippen molar-refractivity contribution in [1.82, 2.24) is 30.4 Å². The first-order chi connectivity index (χ1) is 16.7. The van der Waals surface area contributed by atoms with Crippen LogP contribution < -0.4 is 16.2 Å². The second kappa shape index (κ2) is 9.42. The molecule has 1 aliphatic rings. The van der Waals surface area contributed by atoms with Gasteiger partial charge in [-0.15, -0.1) is 0 Å². The molecule has 1 atom stereocenters. The molecule has 0 aromatic carbocycles. The van der Waals surface area contributed by atoms with Crippen molar-refractivity contribution in [1.29, 1.82) is 0 Å². The zero-order chi connectivity index (χ0) is 26.4. The molecule has 192 valence electrons. The maximum atomic E-state index is 12.5. The van der Waals surface area contributed by atoms with Gasteiger partial charge >= 0.3 is 0 Å². The summed E-state index contributed by atoms with van der Waals surface area (Å²) in [5.41, 5.74) is 6.12. The number of aromatic amines is 1. The van der Waals surface area contributed by atoms with Crippen molar-refractivity contribution in [2.45, 2.75) is 85.3 Å². The summed E-state index contributed by atoms with van der Waals surface area (Å²) in [6.07, 6.45) is 3.74. The minimum absolute atomic E-state index is 0.108. The van der Waals surface area contributed by atoms with Crippen LogP contribution in [0.25, 0.3) is 16.6 Å². The van der Waals surface area contributed by atoms with E-state index >= 15 is 0 Å². The highest BCUT2D eigenvalue weighted by Crippen LogP contribution is 2.35. The molecule has 3 aromatic heterocycles. The largest absolute Gasteiger partial charge is 0.374 e. The number of hydrogen-bond acceptors (Lipinski definition) is 6. The lowest BCUT2D eigenvalue weighted by atomic mass is 9.82. The molecule has 8 heteroatoms. The Morgan fingerprint density at radius 3 is 2.64 bits per heavy atom. The van der Waals surface area contributed by atoms with Gasteiger partial charge in [-0.1, -0.05) is 18.2 Å². The van der Waals surface area contributed by atoms with Crippen LogP contribution in [0.2, 0.25) is 0 Å². The fraction of sp³-hybridized carbons (Fsp3) is 0.464. The van der Waals surface area contributed by atoms with Gasteiger partial charge in [-0.25, -0.2) is 9.67 Å². The van der Waals surface area contributed by atoms with Crippen LogP contribution >= 0.6 is 0 Å². The van der Waals surface area contributed by atoms with Crippen molar-refractivity contribution in [2.75, 3.05) is 0 Å². The van der Waals surface area contributed by atoms with Crippen LogP contribution in [0.1, 0.15) is 75.3 Å². The van der Waals surface area contributed by atoms with E-state index in [2.05, 4.69) is 61.1 Å². The average molecular weight is 491 g/mol. The third-order valence-electron chi connectivity index (χ3n) is 6.48. The lowest BCUT2D eigenvalue weighted by Gasteiger charge is -2.41. The third kappa shape index (κ3) is 5.51. The van der Waals surface area contributed by atoms with Crippen LogP contribution in [0, 0.1) is 13.8 Å². The topological polar surface area (TPSA) is 108 Å². The Labute approximate surface area is 212 Å². The molecule has 0 amide bonds. The number of allylic oxidation sites excluding steroid dienone is 1. The molecule has 0 saturated heterocycles. The quantitative estimate of drug-likeness (QED) is 0.294. The number of nitrogens with zero attached hydrogens (tertiary/aromatic N) is 3. The van der Waals surface area contributed by atoms with Crippen molar-refractivity contribution >= 4 is 16.6 Å². The monoisotopic (exact) mass is 490 g/mol. The lowest BCUT2D eigenvalue weighted by Crippen LogP contribution is -2.53. The molecule has 4 N–H and O–H groups in total. The molecule has 8 nitrogen and oxygen atoms in total. The van der Waals surface area contributed by atoms with E-state index in [0.29, 0.717) is 23.3 Å². The van der Waals surface area contributed by atoms with E-state index in [1.807, 2.05) is 37.6 Å². The number of fused-ring (bicyclic) bond motifs is 1. The molecule has 1 aliphatic heterocycles. The molecule has 3 aromatic rings. The van der Waals surface area contributed by atoms with Gasteiger partial charge < -0.3 is 15.4 Å². The summed E-state index contributed by atoms with van der Waals surface area (Å²) in [5.74, 6) is 0. The number of aryl methyl sites for hydroxylation is 2. The van der Waals surface area contributed by atoms with Crippen LogP contribution in [-0.2, 0) is 13.1 Å². The van der Waals surface area contributed by atoms with E-state index in [0.717, 1.165) is 39.9 Å². The van der Waals surface area contributed by atoms with Gasteiger partial charge in [-0.2, -0.15) is 5.10 Å². The predicted molar refractivity (Wildman–Crippen MR) is 145 cm³/mol. The van der Waals surface area contributed by atoms with Crippen LogP contribution in [0.15, 0.2) is 41.4 Å². The molecule has 36 heavy (non-hydrogen) atoms. The molecule has 0 saturated carbocycles. The normalized spacial score (nSPS) is 17.7. The summed E-state index contributed by atoms with van der Waals surface area (Å²) in [7, 11) is 0. The zero-order valence-electron chi connectivity index (χ0n) is 22.4. The van der Waals surface area contributed by atoms with E-state index in [-0.39, 0.29) is 23.2 Å². The lowest BCUT2D eigenvalue weighted by molar-refractivity contribution is 0.138. The number of aromatic nitrogens is 4. The smallest absolute Gasteiger partial charge is 0.252 e. The molecule has 4 rings (SSSR count). The standard InChI is InChI=1S/C28H38N6O2/c1-16(2)15-34-24-22(14-30-34)20(25(35)29-13-21-17(3)9-18(4)31-26(21)36)10-23(32-24)19-11-27(5,6)33-28(7,8)12-19/h9-11,14,25,29,33,35H,1,12-13,15H2,2-8H3,(H,31,36). The number of rotatable bonds is 7. The molecule has 0 bridgehead atoms. The maximum absolute atomic E-state index is 12.5. The Morgan fingerprint density at radius 1 is 1.28 bits per heavy atom. The summed E-state index contributed by atoms with van der Waals surface area (Å²) < 4.78 is 1.82. The van der Waals surface area contributed by atoms with Gasteiger partial charge in [0.2, 0.25) is 0 Å². The second-order valence-electron chi connectivity index (χ2n) is 11.4. The van der Waals surface area contributed by atoms with Crippen LogP contribution in [-0.4, -0.2) is 35.9 Å². The van der Waals surface area contributed by atoms with E-state index in [1.54, 1.807) is 6.20 Å². The second-order valence-corrected chi connectivity index (χ2v) is 11.4. The number of hydrogen-bond donors (Lipinski definition) is 4. The minimum atomic E-state index is -1.01. The van der Waals surface area contributed by atoms with Crippen LogP contribution in [0.3, 0.4) is 0 Å². The molecule has 0 fully saturated rings. The predicted octanol–water partition coefficient (Wildman–Crippen LogP) is 4.03. The molecule has 0 radical (unpaired) electrons. The summed E-state index contributed by atoms with van der Waals surface area (Å²) in [6, 6.07) is 3.88. The van der Waals surface area contributed by atoms with Crippen molar-refractivity contribution in [3.8, 4) is 0 Å². The minimum Gasteiger partial charge on any atom is -0.374 e. The summed E-state index contributed by atoms with van der Waals surface area (Å²) in [6.45, 7) is 19.2. The van der Waals surface area contributed by atoms with Gasteiger partial charge in [0.15, 0.2) is 5.65 Å². The van der Waals surface area contributed by atoms with Gasteiger partial charge in [-0.3, -0.25) is 10.1 Å². The van der Waals surface area contributed by atoms with Gasteiger partial charge in [0.25, 0.3) is 5.56 Å². The van der Waals surface area contributed by atoms with Crippen molar-refractivity contribution < 1.29 is 5.11 Å². The number of aliphatic hydroxyl groups is 1. The first-order valence-corrected chi connectivity index (χ1v) is 12.4. The third-order valence-corrected chi connectivity index (χ3v) is 6.48. The van der Waals surface area contributed by atoms with Gasteiger partial charge in [0, 0.05) is 39.8 Å². The fourth-order valence-electron chi connectivity index (χ4n) is 5.32. The molecule has 4 heterocycles. The molecular formula is C28H38N6O2. The van der Waals surface area contributed by atoms with Gasteiger partial charge in [-0.05, 0) is 78.2 Å². The summed E-state index contributed by atoms with van der Waals surface area (Å²) in [5, 5.41) is 23.4. The summed E-state index contributed by atoms with van der Waals surface area (Å²) in [4.78, 5) is 20.3. The van der Waals surface area contributed by atoms with Crippen molar-refractivity contribution in [2.24, 2.45) is 0 Å². The van der Waals surface area contributed by atoms with Gasteiger partial charge in [0.05, 0.1) is 18.4 Å². The highest BCUT2D eigenvalue weighted by molar-refractivity contribution is 5.82. The Bertz CT molecular complexity index is 1410. The van der Waals surface area contributed by atoms with E-state index in [1.165, 1.54) is 0 Å². The van der Waals surface area contributed by atoms with E-state index < -0.39 is 6.23 Å². The molecule has 0 spiro atoms. The number of nitrogens with one attached hydrogen (secondary N) is 3. The number of H-pyrrole nitrogens is 1. The Balaban J connectivity index is 1.78. The van der Waals surface area contributed by atoms with E-state index in [4.69, 9.17) is 4.98 Å². The van der Waals surface area contributed by atoms with Crippen LogP contribution in [0.5, 0.6) is 0 Å². The van der Waals surface area contributed by atoms with Crippen LogP contribution in [0.4, 0.5) is 0 Å². The maximum Gasteiger partial charge on any atom is 0.252 e. The van der Waals surface area contributed by atoms with E-state index in [9.17, 15) is 9.90 Å². The average Bonchev–Trinajstić information content (AvgIpc) is 3.12.